The second-order valence-corrected chi connectivity index (χ2v) is 3.66. The van der Waals surface area contributed by atoms with Crippen LogP contribution in [0.25, 0.3) is 0 Å². The van der Waals surface area contributed by atoms with Crippen molar-refractivity contribution < 1.29 is 19.1 Å². The van der Waals surface area contributed by atoms with Crippen molar-refractivity contribution in [2.24, 2.45) is 0 Å². The Hall–Kier alpha value is -2.17. The van der Waals surface area contributed by atoms with Crippen molar-refractivity contribution in [3.63, 3.8) is 0 Å². The van der Waals surface area contributed by atoms with Gasteiger partial charge < -0.3 is 4.74 Å². The molecule has 0 aliphatic rings. The number of methoxy groups -OCH3 is 1. The van der Waals surface area contributed by atoms with Gasteiger partial charge in [-0.3, -0.25) is 14.5 Å². The first-order chi connectivity index (χ1) is 10.6. The summed E-state index contributed by atoms with van der Waals surface area (Å²) < 4.78 is 4.58. The summed E-state index contributed by atoms with van der Waals surface area (Å²) >= 11 is 0. The molecule has 1 aromatic rings. The van der Waals surface area contributed by atoms with Crippen LogP contribution in [0.15, 0.2) is 24.3 Å². The van der Waals surface area contributed by atoms with Crippen molar-refractivity contribution in [3.8, 4) is 0 Å². The predicted molar refractivity (Wildman–Crippen MR) is 88.9 cm³/mol. The number of amides is 2. The summed E-state index contributed by atoms with van der Waals surface area (Å²) in [6.45, 7) is 9.85. The minimum absolute atomic E-state index is 0.279. The molecule has 0 N–H and O–H groups in total. The van der Waals surface area contributed by atoms with Crippen LogP contribution in [-0.2, 0) is 14.3 Å². The number of hydrogen-bond donors (Lipinski definition) is 0. The van der Waals surface area contributed by atoms with Gasteiger partial charge in [-0.2, -0.15) is 0 Å². The Morgan fingerprint density at radius 2 is 1.77 bits per heavy atom. The van der Waals surface area contributed by atoms with Gasteiger partial charge in [0, 0.05) is 6.42 Å². The third-order valence-corrected chi connectivity index (χ3v) is 2.38. The molecule has 1 rings (SSSR count). The van der Waals surface area contributed by atoms with Gasteiger partial charge in [0.2, 0.25) is 12.3 Å². The lowest BCUT2D eigenvalue weighted by Gasteiger charge is -2.15. The molecule has 0 saturated heterocycles. The minimum atomic E-state index is -0.509. The summed E-state index contributed by atoms with van der Waals surface area (Å²) in [5.41, 5.74) is 0.664. The summed E-state index contributed by atoms with van der Waals surface area (Å²) in [7, 11) is 1.27. The van der Waals surface area contributed by atoms with Gasteiger partial charge in [0.25, 0.3) is 0 Å². The Bertz CT molecular complexity index is 458. The molecule has 0 unspecified atom stereocenters. The lowest BCUT2D eigenvalue weighted by Crippen LogP contribution is -2.29. The molecule has 0 aliphatic carbocycles. The molecule has 5 heteroatoms. The fourth-order valence-corrected chi connectivity index (χ4v) is 1.50. The number of imide groups is 1. The molecule has 0 atom stereocenters. The van der Waals surface area contributed by atoms with Gasteiger partial charge in [-0.15, -0.1) is 0 Å². The zero-order chi connectivity index (χ0) is 17.5. The van der Waals surface area contributed by atoms with E-state index in [0.29, 0.717) is 24.1 Å². The van der Waals surface area contributed by atoms with Crippen molar-refractivity contribution in [1.29, 1.82) is 0 Å². The molecular formula is C17H27NO4. The van der Waals surface area contributed by atoms with E-state index in [4.69, 9.17) is 0 Å². The number of nitrogens with zero attached hydrogens (tertiary/aromatic N) is 1. The van der Waals surface area contributed by atoms with Crippen LogP contribution < -0.4 is 4.90 Å². The monoisotopic (exact) mass is 309 g/mol. The Labute approximate surface area is 133 Å². The van der Waals surface area contributed by atoms with Gasteiger partial charge in [0.15, 0.2) is 0 Å². The number of hydrogen-bond acceptors (Lipinski definition) is 4. The van der Waals surface area contributed by atoms with Crippen molar-refractivity contribution >= 4 is 24.0 Å². The van der Waals surface area contributed by atoms with E-state index in [2.05, 4.69) is 4.74 Å². The Morgan fingerprint density at radius 3 is 2.23 bits per heavy atom. The van der Waals surface area contributed by atoms with E-state index in [0.717, 1.165) is 4.90 Å². The quantitative estimate of drug-likeness (QED) is 0.613. The predicted octanol–water partition coefficient (Wildman–Crippen LogP) is 3.82. The average molecular weight is 309 g/mol. The lowest BCUT2D eigenvalue weighted by atomic mass is 10.2. The summed E-state index contributed by atoms with van der Waals surface area (Å²) in [6, 6.07) is 6.20. The van der Waals surface area contributed by atoms with Crippen LogP contribution in [0.5, 0.6) is 0 Å². The van der Waals surface area contributed by atoms with Crippen molar-refractivity contribution in [3.05, 3.63) is 29.8 Å². The molecule has 0 fully saturated rings. The van der Waals surface area contributed by atoms with Crippen molar-refractivity contribution in [2.75, 3.05) is 12.0 Å². The molecule has 0 aromatic heterocycles. The molecule has 0 spiro atoms. The van der Waals surface area contributed by atoms with Crippen LogP contribution in [0.1, 0.15) is 57.8 Å². The molecule has 0 radical (unpaired) electrons. The molecule has 124 valence electrons. The fraction of sp³-hybridized carbons (Fsp3) is 0.471. The molecule has 22 heavy (non-hydrogen) atoms. The van der Waals surface area contributed by atoms with E-state index in [-0.39, 0.29) is 12.3 Å². The molecule has 5 nitrogen and oxygen atoms in total. The smallest absolute Gasteiger partial charge is 0.337 e. The summed E-state index contributed by atoms with van der Waals surface area (Å²) in [5, 5.41) is 0. The van der Waals surface area contributed by atoms with E-state index < -0.39 is 5.97 Å². The maximum atomic E-state index is 11.7. The minimum Gasteiger partial charge on any atom is -0.465 e. The molecule has 0 bridgehead atoms. The van der Waals surface area contributed by atoms with E-state index in [1.165, 1.54) is 13.2 Å². The van der Waals surface area contributed by atoms with Crippen LogP contribution >= 0.6 is 0 Å². The van der Waals surface area contributed by atoms with E-state index >= 15 is 0 Å². The van der Waals surface area contributed by atoms with Gasteiger partial charge in [-0.1, -0.05) is 40.7 Å². The van der Waals surface area contributed by atoms with E-state index in [1.807, 2.05) is 34.6 Å². The van der Waals surface area contributed by atoms with Gasteiger partial charge >= 0.3 is 5.97 Å². The second-order valence-electron chi connectivity index (χ2n) is 3.66. The van der Waals surface area contributed by atoms with Gasteiger partial charge in [0.05, 0.1) is 18.4 Å². The lowest BCUT2D eigenvalue weighted by molar-refractivity contribution is -0.121. The number of esters is 1. The van der Waals surface area contributed by atoms with Gasteiger partial charge in [-0.05, 0) is 24.6 Å². The zero-order valence-corrected chi connectivity index (χ0v) is 14.4. The standard InChI is InChI=1S/C13H15NO4.2C2H6/c1-3-5-12(16)14(9-15)11-7-4-6-10(8-11)13(17)18-2;2*1-2/h4,6-9H,3,5H2,1-2H3;2*1-2H3. The first-order valence-corrected chi connectivity index (χ1v) is 7.59. The molecule has 2 amide bonds. The Kier molecular flexibility index (Phi) is 13.9. The Balaban J connectivity index is 0. The number of anilines is 1. The van der Waals surface area contributed by atoms with Crippen LogP contribution in [0.3, 0.4) is 0 Å². The number of benzene rings is 1. The van der Waals surface area contributed by atoms with E-state index in [1.54, 1.807) is 18.2 Å². The van der Waals surface area contributed by atoms with Gasteiger partial charge in [-0.25, -0.2) is 4.79 Å². The van der Waals surface area contributed by atoms with Crippen LogP contribution in [0.2, 0.25) is 0 Å². The highest BCUT2D eigenvalue weighted by molar-refractivity contribution is 6.07. The third kappa shape index (κ3) is 7.02. The summed E-state index contributed by atoms with van der Waals surface area (Å²) in [6.07, 6.45) is 1.38. The fourth-order valence-electron chi connectivity index (χ4n) is 1.50. The van der Waals surface area contributed by atoms with Crippen molar-refractivity contribution in [1.82, 2.24) is 0 Å². The summed E-state index contributed by atoms with van der Waals surface area (Å²) in [4.78, 5) is 35.0. The third-order valence-electron chi connectivity index (χ3n) is 2.38. The number of rotatable bonds is 5. The van der Waals surface area contributed by atoms with Crippen LogP contribution in [0, 0.1) is 0 Å². The van der Waals surface area contributed by atoms with Crippen LogP contribution in [0.4, 0.5) is 5.69 Å². The topological polar surface area (TPSA) is 63.7 Å². The molecule has 0 heterocycles. The number of carbonyl (C=O) groups excluding carboxylic acids is 3. The zero-order valence-electron chi connectivity index (χ0n) is 14.4. The highest BCUT2D eigenvalue weighted by Crippen LogP contribution is 2.17. The maximum absolute atomic E-state index is 11.7. The normalized spacial score (nSPS) is 8.45. The van der Waals surface area contributed by atoms with Crippen molar-refractivity contribution in [2.45, 2.75) is 47.5 Å². The van der Waals surface area contributed by atoms with E-state index in [9.17, 15) is 14.4 Å². The summed E-state index contributed by atoms with van der Waals surface area (Å²) in [5.74, 6) is -0.805. The highest BCUT2D eigenvalue weighted by atomic mass is 16.5. The van der Waals surface area contributed by atoms with Crippen LogP contribution in [-0.4, -0.2) is 25.4 Å². The highest BCUT2D eigenvalue weighted by Gasteiger charge is 2.15. The first kappa shape index (κ1) is 22.1. The second kappa shape index (κ2) is 13.8. The molecular weight excluding hydrogens is 282 g/mol. The molecule has 0 aliphatic heterocycles. The SMILES string of the molecule is CC.CC.CCCC(=O)N(C=O)c1cccc(C(=O)OC)c1. The average Bonchev–Trinajstić information content (AvgIpc) is 2.59. The number of carbonyl (C=O) groups is 3. The number of ether oxygens (including phenoxy) is 1. The maximum Gasteiger partial charge on any atom is 0.337 e. The molecule has 1 aromatic carbocycles. The first-order valence-electron chi connectivity index (χ1n) is 7.59. The largest absolute Gasteiger partial charge is 0.465 e. The Morgan fingerprint density at radius 1 is 1.18 bits per heavy atom. The van der Waals surface area contributed by atoms with Gasteiger partial charge in [0.1, 0.15) is 0 Å². The molecule has 0 saturated carbocycles.